The molecule has 0 amide bonds. The van der Waals surface area contributed by atoms with Gasteiger partial charge in [0.15, 0.2) is 0 Å². The van der Waals surface area contributed by atoms with Crippen molar-refractivity contribution in [1.29, 1.82) is 0 Å². The van der Waals surface area contributed by atoms with E-state index in [4.69, 9.17) is 9.84 Å². The second kappa shape index (κ2) is 3.46. The van der Waals surface area contributed by atoms with Gasteiger partial charge in [0, 0.05) is 6.04 Å². The van der Waals surface area contributed by atoms with Gasteiger partial charge in [0.25, 0.3) is 0 Å². The van der Waals surface area contributed by atoms with Gasteiger partial charge in [-0.05, 0) is 31.0 Å². The number of carboxylic acids is 1. The van der Waals surface area contributed by atoms with Gasteiger partial charge in [-0.3, -0.25) is 0 Å². The molecular weight excluding hydrogens is 194 g/mol. The molecule has 0 fully saturated rings. The molecule has 2 N–H and O–H groups in total. The fourth-order valence-electron chi connectivity index (χ4n) is 1.92. The quantitative estimate of drug-likeness (QED) is 0.775. The summed E-state index contributed by atoms with van der Waals surface area (Å²) < 4.78 is 5.07. The second-order valence-corrected chi connectivity index (χ2v) is 3.76. The average molecular weight is 207 g/mol. The summed E-state index contributed by atoms with van der Waals surface area (Å²) in [6, 6.07) is 3.72. The van der Waals surface area contributed by atoms with Gasteiger partial charge >= 0.3 is 5.97 Å². The van der Waals surface area contributed by atoms with E-state index in [2.05, 4.69) is 5.32 Å². The Morgan fingerprint density at radius 1 is 1.60 bits per heavy atom. The molecule has 1 aliphatic heterocycles. The Kier molecular flexibility index (Phi) is 2.26. The Hall–Kier alpha value is -1.71. The molecule has 1 aromatic rings. The van der Waals surface area contributed by atoms with Crippen LogP contribution in [0.4, 0.5) is 5.69 Å². The summed E-state index contributed by atoms with van der Waals surface area (Å²) in [5.74, 6) is -0.325. The van der Waals surface area contributed by atoms with E-state index in [1.54, 1.807) is 13.2 Å². The number of benzene rings is 1. The fourth-order valence-corrected chi connectivity index (χ4v) is 1.92. The van der Waals surface area contributed by atoms with Crippen molar-refractivity contribution in [2.45, 2.75) is 19.4 Å². The summed E-state index contributed by atoms with van der Waals surface area (Å²) in [5, 5.41) is 12.2. The molecule has 0 spiro atoms. The first-order valence-corrected chi connectivity index (χ1v) is 4.82. The number of methoxy groups -OCH3 is 1. The van der Waals surface area contributed by atoms with E-state index in [9.17, 15) is 4.79 Å². The number of ether oxygens (including phenoxy) is 1. The van der Waals surface area contributed by atoms with Crippen LogP contribution in [0.15, 0.2) is 12.1 Å². The number of hydrogen-bond acceptors (Lipinski definition) is 3. The van der Waals surface area contributed by atoms with Crippen LogP contribution in [0.5, 0.6) is 5.75 Å². The van der Waals surface area contributed by atoms with Gasteiger partial charge in [-0.25, -0.2) is 4.79 Å². The van der Waals surface area contributed by atoms with Crippen LogP contribution >= 0.6 is 0 Å². The van der Waals surface area contributed by atoms with Crippen LogP contribution in [0.25, 0.3) is 0 Å². The van der Waals surface area contributed by atoms with E-state index in [0.29, 0.717) is 5.75 Å². The molecule has 2 rings (SSSR count). The Labute approximate surface area is 87.9 Å². The highest BCUT2D eigenvalue weighted by atomic mass is 16.5. The van der Waals surface area contributed by atoms with Crippen LogP contribution in [0.3, 0.4) is 0 Å². The van der Waals surface area contributed by atoms with E-state index in [0.717, 1.165) is 17.7 Å². The van der Waals surface area contributed by atoms with Gasteiger partial charge in [0.2, 0.25) is 0 Å². The van der Waals surface area contributed by atoms with Crippen LogP contribution in [0, 0.1) is 0 Å². The minimum atomic E-state index is -0.924. The second-order valence-electron chi connectivity index (χ2n) is 3.76. The third-order valence-electron chi connectivity index (χ3n) is 2.58. The predicted octanol–water partition coefficient (Wildman–Crippen LogP) is 1.75. The lowest BCUT2D eigenvalue weighted by molar-refractivity contribution is 0.0697. The van der Waals surface area contributed by atoms with Crippen LogP contribution in [-0.4, -0.2) is 24.2 Å². The monoisotopic (exact) mass is 207 g/mol. The molecule has 80 valence electrons. The Balaban J connectivity index is 2.55. The van der Waals surface area contributed by atoms with Gasteiger partial charge in [-0.15, -0.1) is 0 Å². The highest BCUT2D eigenvalue weighted by molar-refractivity contribution is 5.96. The lowest BCUT2D eigenvalue weighted by Crippen LogP contribution is -2.10. The van der Waals surface area contributed by atoms with Crippen molar-refractivity contribution in [1.82, 2.24) is 0 Å². The van der Waals surface area contributed by atoms with Gasteiger partial charge in [0.05, 0.1) is 18.4 Å². The zero-order valence-electron chi connectivity index (χ0n) is 8.70. The first kappa shape index (κ1) is 9.83. The maximum absolute atomic E-state index is 11.0. The summed E-state index contributed by atoms with van der Waals surface area (Å²) >= 11 is 0. The topological polar surface area (TPSA) is 58.6 Å². The standard InChI is InChI=1S/C11H13NO3/c1-6-3-7-4-8(15-2)5-9(11(13)14)10(7)12-6/h4-6,12H,3H2,1-2H3,(H,13,14). The zero-order chi connectivity index (χ0) is 11.0. The molecule has 0 radical (unpaired) electrons. The van der Waals surface area contributed by atoms with Crippen LogP contribution in [-0.2, 0) is 6.42 Å². The number of anilines is 1. The van der Waals surface area contributed by atoms with Crippen molar-refractivity contribution in [2.24, 2.45) is 0 Å². The average Bonchev–Trinajstić information content (AvgIpc) is 2.55. The van der Waals surface area contributed by atoms with Gasteiger partial charge in [0.1, 0.15) is 5.75 Å². The first-order valence-electron chi connectivity index (χ1n) is 4.82. The minimum Gasteiger partial charge on any atom is -0.497 e. The molecule has 0 saturated carbocycles. The molecule has 4 nitrogen and oxygen atoms in total. The normalized spacial score (nSPS) is 18.1. The maximum atomic E-state index is 11.0. The van der Waals surface area contributed by atoms with Gasteiger partial charge < -0.3 is 15.2 Å². The van der Waals surface area contributed by atoms with Crippen LogP contribution in [0.1, 0.15) is 22.8 Å². The molecule has 0 bridgehead atoms. The SMILES string of the molecule is COc1cc2c(c(C(=O)O)c1)NC(C)C2. The molecule has 15 heavy (non-hydrogen) atoms. The summed E-state index contributed by atoms with van der Waals surface area (Å²) in [7, 11) is 1.54. The van der Waals surface area contributed by atoms with Crippen molar-refractivity contribution >= 4 is 11.7 Å². The molecule has 1 unspecified atom stereocenters. The van der Waals surface area contributed by atoms with E-state index in [-0.39, 0.29) is 11.6 Å². The first-order chi connectivity index (χ1) is 7.11. The van der Waals surface area contributed by atoms with Crippen molar-refractivity contribution in [3.63, 3.8) is 0 Å². The Morgan fingerprint density at radius 2 is 2.33 bits per heavy atom. The molecule has 0 aliphatic carbocycles. The summed E-state index contributed by atoms with van der Waals surface area (Å²) in [6.07, 6.45) is 0.840. The van der Waals surface area contributed by atoms with E-state index < -0.39 is 5.97 Å². The summed E-state index contributed by atoms with van der Waals surface area (Å²) in [5.41, 5.74) is 2.03. The molecule has 1 heterocycles. The summed E-state index contributed by atoms with van der Waals surface area (Å²) in [6.45, 7) is 2.03. The lowest BCUT2D eigenvalue weighted by atomic mass is 10.1. The fraction of sp³-hybridized carbons (Fsp3) is 0.364. The van der Waals surface area contributed by atoms with Crippen LogP contribution in [0.2, 0.25) is 0 Å². The Morgan fingerprint density at radius 3 is 2.93 bits per heavy atom. The molecule has 1 aromatic carbocycles. The van der Waals surface area contributed by atoms with Crippen LogP contribution < -0.4 is 10.1 Å². The molecule has 1 atom stereocenters. The number of hydrogen-bond donors (Lipinski definition) is 2. The smallest absolute Gasteiger partial charge is 0.337 e. The number of aromatic carboxylic acids is 1. The summed E-state index contributed by atoms with van der Waals surface area (Å²) in [4.78, 5) is 11.0. The Bertz CT molecular complexity index is 415. The minimum absolute atomic E-state index is 0.283. The number of nitrogens with one attached hydrogen (secondary N) is 1. The molecule has 0 aromatic heterocycles. The molecular formula is C11H13NO3. The number of fused-ring (bicyclic) bond motifs is 1. The van der Waals surface area contributed by atoms with E-state index in [1.165, 1.54) is 0 Å². The molecule has 4 heteroatoms. The van der Waals surface area contributed by atoms with E-state index >= 15 is 0 Å². The number of carboxylic acid groups (broad SMARTS) is 1. The van der Waals surface area contributed by atoms with E-state index in [1.807, 2.05) is 13.0 Å². The highest BCUT2D eigenvalue weighted by Crippen LogP contribution is 2.33. The van der Waals surface area contributed by atoms with Gasteiger partial charge in [-0.2, -0.15) is 0 Å². The van der Waals surface area contributed by atoms with Crippen molar-refractivity contribution in [2.75, 3.05) is 12.4 Å². The molecule has 1 aliphatic rings. The predicted molar refractivity (Wildman–Crippen MR) is 56.7 cm³/mol. The van der Waals surface area contributed by atoms with Crippen molar-refractivity contribution in [3.8, 4) is 5.75 Å². The number of rotatable bonds is 2. The molecule has 0 saturated heterocycles. The third-order valence-corrected chi connectivity index (χ3v) is 2.58. The lowest BCUT2D eigenvalue weighted by Gasteiger charge is -2.08. The van der Waals surface area contributed by atoms with Gasteiger partial charge in [-0.1, -0.05) is 0 Å². The largest absolute Gasteiger partial charge is 0.497 e. The third kappa shape index (κ3) is 1.63. The zero-order valence-corrected chi connectivity index (χ0v) is 8.70. The van der Waals surface area contributed by atoms with Crippen molar-refractivity contribution in [3.05, 3.63) is 23.3 Å². The highest BCUT2D eigenvalue weighted by Gasteiger charge is 2.23. The van der Waals surface area contributed by atoms with Crippen molar-refractivity contribution < 1.29 is 14.6 Å². The number of carbonyl (C=O) groups is 1. The maximum Gasteiger partial charge on any atom is 0.337 e.